The van der Waals surface area contributed by atoms with Crippen LogP contribution in [0.25, 0.3) is 0 Å². The summed E-state index contributed by atoms with van der Waals surface area (Å²) in [6.45, 7) is 6.64. The molecule has 0 aliphatic carbocycles. The van der Waals surface area contributed by atoms with Gasteiger partial charge < -0.3 is 9.80 Å². The molecule has 23 heavy (non-hydrogen) atoms. The molecule has 0 saturated carbocycles. The summed E-state index contributed by atoms with van der Waals surface area (Å²) >= 11 is 18.5. The third-order valence-corrected chi connectivity index (χ3v) is 5.38. The lowest BCUT2D eigenvalue weighted by Gasteiger charge is -2.30. The highest BCUT2D eigenvalue weighted by Crippen LogP contribution is 2.40. The van der Waals surface area contributed by atoms with Crippen LogP contribution in [0.4, 0.5) is 0 Å². The molecule has 1 aromatic rings. The molecule has 1 saturated heterocycles. The number of hydrogen-bond acceptors (Lipinski definition) is 1. The standard InChI is InChI=1S/C18H28Cl3N2/c1-3-4-11-22-17(18(19,20)21)16-9-7-15(8-10-16)14-23(2)12-5-6-13-23/h7-10,17,22H,3-6,11-14H2,1-2H3/q+1/t17-/m0/s1. The van der Waals surface area contributed by atoms with E-state index >= 15 is 0 Å². The molecule has 1 fully saturated rings. The van der Waals surface area contributed by atoms with Crippen molar-refractivity contribution in [1.82, 2.24) is 5.32 Å². The Balaban J connectivity index is 2.05. The van der Waals surface area contributed by atoms with Crippen LogP contribution >= 0.6 is 34.8 Å². The smallest absolute Gasteiger partial charge is 0.209 e. The van der Waals surface area contributed by atoms with Gasteiger partial charge in [0, 0.05) is 18.4 Å². The molecule has 0 bridgehead atoms. The van der Waals surface area contributed by atoms with Gasteiger partial charge in [-0.15, -0.1) is 0 Å². The summed E-state index contributed by atoms with van der Waals surface area (Å²) < 4.78 is -0.204. The van der Waals surface area contributed by atoms with Crippen LogP contribution in [0, 0.1) is 0 Å². The minimum Gasteiger partial charge on any atom is -0.322 e. The van der Waals surface area contributed by atoms with E-state index in [9.17, 15) is 0 Å². The van der Waals surface area contributed by atoms with Gasteiger partial charge >= 0.3 is 0 Å². The second-order valence-corrected chi connectivity index (χ2v) is 9.32. The molecule has 1 atom stereocenters. The molecule has 2 rings (SSSR count). The van der Waals surface area contributed by atoms with Gasteiger partial charge in [0.05, 0.1) is 26.2 Å². The largest absolute Gasteiger partial charge is 0.322 e. The van der Waals surface area contributed by atoms with Crippen LogP contribution in [0.15, 0.2) is 24.3 Å². The van der Waals surface area contributed by atoms with E-state index in [0.29, 0.717) is 0 Å². The molecule has 5 heteroatoms. The summed E-state index contributed by atoms with van der Waals surface area (Å²) in [6, 6.07) is 8.29. The minimum atomic E-state index is -1.34. The molecule has 0 aromatic heterocycles. The summed E-state index contributed by atoms with van der Waals surface area (Å²) in [5.41, 5.74) is 2.39. The predicted molar refractivity (Wildman–Crippen MR) is 101 cm³/mol. The zero-order valence-corrected chi connectivity index (χ0v) is 16.4. The Labute approximate surface area is 155 Å². The van der Waals surface area contributed by atoms with Crippen molar-refractivity contribution in [1.29, 1.82) is 0 Å². The summed E-state index contributed by atoms with van der Waals surface area (Å²) in [4.78, 5) is 0. The SMILES string of the molecule is CCCCN[C@@H](c1ccc(C[N+]2(C)CCCC2)cc1)C(Cl)(Cl)Cl. The van der Waals surface area contributed by atoms with E-state index < -0.39 is 3.79 Å². The van der Waals surface area contributed by atoms with Crippen LogP contribution in [0.2, 0.25) is 0 Å². The number of likely N-dealkylation sites (tertiary alicyclic amines) is 1. The molecular weight excluding hydrogens is 351 g/mol. The topological polar surface area (TPSA) is 12.0 Å². The number of unbranched alkanes of at least 4 members (excludes halogenated alkanes) is 1. The first kappa shape index (κ1) is 19.3. The van der Waals surface area contributed by atoms with Gasteiger partial charge in [-0.25, -0.2) is 0 Å². The normalized spacial score (nSPS) is 19.0. The third kappa shape index (κ3) is 5.79. The molecule has 1 aliphatic heterocycles. The monoisotopic (exact) mass is 377 g/mol. The zero-order chi connectivity index (χ0) is 16.9. The lowest BCUT2D eigenvalue weighted by atomic mass is 10.0. The average molecular weight is 379 g/mol. The number of nitrogens with one attached hydrogen (secondary N) is 1. The lowest BCUT2D eigenvalue weighted by Crippen LogP contribution is -2.39. The van der Waals surface area contributed by atoms with Crippen molar-refractivity contribution >= 4 is 34.8 Å². The molecule has 0 amide bonds. The predicted octanol–water partition coefficient (Wildman–Crippen LogP) is 5.23. The second kappa shape index (κ2) is 8.40. The Morgan fingerprint density at radius 3 is 2.26 bits per heavy atom. The van der Waals surface area contributed by atoms with Gasteiger partial charge in [-0.1, -0.05) is 72.4 Å². The average Bonchev–Trinajstić information content (AvgIpc) is 2.90. The number of quaternary nitrogens is 1. The van der Waals surface area contributed by atoms with Gasteiger partial charge in [0.15, 0.2) is 0 Å². The number of alkyl halides is 3. The highest BCUT2D eigenvalue weighted by atomic mass is 35.6. The first-order valence-corrected chi connectivity index (χ1v) is 9.70. The fourth-order valence-electron chi connectivity index (χ4n) is 3.36. The van der Waals surface area contributed by atoms with E-state index in [4.69, 9.17) is 34.8 Å². The van der Waals surface area contributed by atoms with Crippen LogP contribution in [0.1, 0.15) is 49.8 Å². The van der Waals surface area contributed by atoms with Crippen molar-refractivity contribution in [3.8, 4) is 0 Å². The Morgan fingerprint density at radius 2 is 1.74 bits per heavy atom. The van der Waals surface area contributed by atoms with Crippen LogP contribution in [-0.2, 0) is 6.54 Å². The van der Waals surface area contributed by atoms with Crippen molar-refractivity contribution in [2.24, 2.45) is 0 Å². The highest BCUT2D eigenvalue weighted by molar-refractivity contribution is 6.68. The van der Waals surface area contributed by atoms with Gasteiger partial charge in [0.25, 0.3) is 0 Å². The van der Waals surface area contributed by atoms with E-state index in [1.807, 2.05) is 0 Å². The molecule has 2 nitrogen and oxygen atoms in total. The number of hydrogen-bond donors (Lipinski definition) is 1. The summed E-state index contributed by atoms with van der Waals surface area (Å²) in [7, 11) is 2.34. The van der Waals surface area contributed by atoms with Gasteiger partial charge in [-0.2, -0.15) is 0 Å². The maximum absolute atomic E-state index is 6.18. The van der Waals surface area contributed by atoms with Gasteiger partial charge in [-0.05, 0) is 18.5 Å². The maximum atomic E-state index is 6.18. The Bertz CT molecular complexity index is 476. The van der Waals surface area contributed by atoms with E-state index in [0.717, 1.165) is 36.0 Å². The van der Waals surface area contributed by atoms with Gasteiger partial charge in [-0.3, -0.25) is 0 Å². The van der Waals surface area contributed by atoms with E-state index in [1.54, 1.807) is 0 Å². The van der Waals surface area contributed by atoms with E-state index in [2.05, 4.69) is 43.6 Å². The van der Waals surface area contributed by atoms with Crippen molar-refractivity contribution in [2.45, 2.75) is 49.0 Å². The van der Waals surface area contributed by atoms with E-state index in [-0.39, 0.29) is 6.04 Å². The molecule has 0 spiro atoms. The molecule has 0 unspecified atom stereocenters. The Morgan fingerprint density at radius 1 is 1.13 bits per heavy atom. The Hall–Kier alpha value is 0.01000. The number of nitrogens with zero attached hydrogens (tertiary/aromatic N) is 1. The number of rotatable bonds is 7. The molecule has 1 heterocycles. The van der Waals surface area contributed by atoms with Crippen molar-refractivity contribution in [3.05, 3.63) is 35.4 Å². The molecule has 130 valence electrons. The van der Waals surface area contributed by atoms with Crippen LogP contribution < -0.4 is 5.32 Å². The van der Waals surface area contributed by atoms with Crippen molar-refractivity contribution in [2.75, 3.05) is 26.7 Å². The lowest BCUT2D eigenvalue weighted by molar-refractivity contribution is -0.910. The number of halogens is 3. The molecule has 1 N–H and O–H groups in total. The van der Waals surface area contributed by atoms with E-state index in [1.165, 1.54) is 31.5 Å². The third-order valence-electron chi connectivity index (χ3n) is 4.73. The summed E-state index contributed by atoms with van der Waals surface area (Å²) in [5.74, 6) is 0. The summed E-state index contributed by atoms with van der Waals surface area (Å²) in [5, 5.41) is 3.38. The fourth-order valence-corrected chi connectivity index (χ4v) is 3.97. The first-order chi connectivity index (χ1) is 10.8. The quantitative estimate of drug-likeness (QED) is 0.389. The molecule has 1 aromatic carbocycles. The first-order valence-electron chi connectivity index (χ1n) is 8.56. The van der Waals surface area contributed by atoms with Crippen LogP contribution in [0.5, 0.6) is 0 Å². The summed E-state index contributed by atoms with van der Waals surface area (Å²) in [6.07, 6.45) is 4.87. The number of benzene rings is 1. The van der Waals surface area contributed by atoms with Crippen LogP contribution in [0.3, 0.4) is 0 Å². The van der Waals surface area contributed by atoms with Gasteiger partial charge in [0.1, 0.15) is 6.54 Å². The van der Waals surface area contributed by atoms with Crippen molar-refractivity contribution < 1.29 is 4.48 Å². The van der Waals surface area contributed by atoms with Gasteiger partial charge in [0.2, 0.25) is 3.79 Å². The second-order valence-electron chi connectivity index (χ2n) is 6.96. The minimum absolute atomic E-state index is 0.273. The molecular formula is C18H28Cl3N2+. The molecule has 0 radical (unpaired) electrons. The zero-order valence-electron chi connectivity index (χ0n) is 14.1. The van der Waals surface area contributed by atoms with Crippen LogP contribution in [-0.4, -0.2) is 35.0 Å². The Kier molecular flexibility index (Phi) is 7.06. The molecule has 1 aliphatic rings. The maximum Gasteiger partial charge on any atom is 0.209 e. The highest BCUT2D eigenvalue weighted by Gasteiger charge is 2.33. The van der Waals surface area contributed by atoms with Crippen molar-refractivity contribution in [3.63, 3.8) is 0 Å². The fraction of sp³-hybridized carbons (Fsp3) is 0.667.